The van der Waals surface area contributed by atoms with Crippen LogP contribution in [-0.2, 0) is 12.4 Å². The first-order chi connectivity index (χ1) is 12.2. The van der Waals surface area contributed by atoms with E-state index in [0.717, 1.165) is 48.1 Å². The van der Waals surface area contributed by atoms with Crippen LogP contribution in [0.1, 0.15) is 11.4 Å². The minimum atomic E-state index is -4.53. The number of aromatic nitrogens is 4. The van der Waals surface area contributed by atoms with Crippen molar-refractivity contribution in [3.05, 3.63) is 48.1 Å². The second-order valence-electron chi connectivity index (χ2n) is 4.54. The van der Waals surface area contributed by atoms with Gasteiger partial charge in [-0.25, -0.2) is 19.9 Å². The molecule has 0 aromatic carbocycles. The van der Waals surface area contributed by atoms with Crippen molar-refractivity contribution in [2.24, 2.45) is 0 Å². The minimum Gasteiger partial charge on any atom is -0.231 e. The molecular weight excluding hydrogens is 402 g/mol. The summed E-state index contributed by atoms with van der Waals surface area (Å²) in [4.78, 5) is 14.3. The van der Waals surface area contributed by atoms with Gasteiger partial charge in [0.1, 0.15) is 11.4 Å². The van der Waals surface area contributed by atoms with Crippen molar-refractivity contribution in [2.75, 3.05) is 11.5 Å². The van der Waals surface area contributed by atoms with Crippen molar-refractivity contribution >= 4 is 23.5 Å². The Balaban J connectivity index is 1.80. The summed E-state index contributed by atoms with van der Waals surface area (Å²) in [6.45, 7) is 0. The van der Waals surface area contributed by atoms with Gasteiger partial charge >= 0.3 is 12.4 Å². The maximum absolute atomic E-state index is 12.5. The Hall–Kier alpha value is -1.82. The molecule has 4 nitrogen and oxygen atoms in total. The molecule has 0 atom stereocenters. The number of hydrogen-bond donors (Lipinski definition) is 0. The molecule has 0 N–H and O–H groups in total. The molecule has 0 fully saturated rings. The predicted octanol–water partition coefficient (Wildman–Crippen LogP) is 4.74. The first kappa shape index (κ1) is 20.5. The number of alkyl halides is 6. The zero-order chi connectivity index (χ0) is 19.2. The fourth-order valence-corrected chi connectivity index (χ4v) is 2.88. The van der Waals surface area contributed by atoms with Crippen LogP contribution in [0.25, 0.3) is 0 Å². The Labute approximate surface area is 152 Å². The van der Waals surface area contributed by atoms with Gasteiger partial charge in [0.05, 0.1) is 0 Å². The van der Waals surface area contributed by atoms with Crippen molar-refractivity contribution in [3.8, 4) is 0 Å². The van der Waals surface area contributed by atoms with Gasteiger partial charge < -0.3 is 0 Å². The molecule has 0 saturated heterocycles. The van der Waals surface area contributed by atoms with E-state index >= 15 is 0 Å². The standard InChI is InChI=1S/C14H10F6N4S2/c15-13(16,17)9-3-5-21-11(23-9)25-7-1-2-8-26-12-22-6-4-10(24-12)14(18,19)20/h1-6H,7-8H2. The van der Waals surface area contributed by atoms with Crippen LogP contribution < -0.4 is 0 Å². The molecule has 2 aromatic rings. The highest BCUT2D eigenvalue weighted by molar-refractivity contribution is 7.99. The summed E-state index contributed by atoms with van der Waals surface area (Å²) < 4.78 is 75.1. The normalized spacial score (nSPS) is 12.7. The molecule has 0 radical (unpaired) electrons. The molecule has 2 aromatic heterocycles. The molecule has 0 spiro atoms. The molecule has 2 rings (SSSR count). The monoisotopic (exact) mass is 412 g/mol. The van der Waals surface area contributed by atoms with E-state index in [9.17, 15) is 26.3 Å². The minimum absolute atomic E-state index is 0.0154. The Kier molecular flexibility index (Phi) is 6.87. The summed E-state index contributed by atoms with van der Waals surface area (Å²) in [5.74, 6) is 0.622. The summed E-state index contributed by atoms with van der Waals surface area (Å²) in [7, 11) is 0. The van der Waals surface area contributed by atoms with Crippen LogP contribution >= 0.6 is 23.5 Å². The van der Waals surface area contributed by atoms with Crippen LogP contribution in [0.15, 0.2) is 47.0 Å². The predicted molar refractivity (Wildman–Crippen MR) is 84.7 cm³/mol. The van der Waals surface area contributed by atoms with Gasteiger partial charge in [-0.1, -0.05) is 35.7 Å². The molecule has 12 heteroatoms. The maximum Gasteiger partial charge on any atom is 0.433 e. The molecule has 0 unspecified atom stereocenters. The molecule has 2 heterocycles. The second kappa shape index (κ2) is 8.71. The summed E-state index contributed by atoms with van der Waals surface area (Å²) in [5, 5.41) is -0.0309. The highest BCUT2D eigenvalue weighted by atomic mass is 32.2. The van der Waals surface area contributed by atoms with Crippen LogP contribution in [0.5, 0.6) is 0 Å². The van der Waals surface area contributed by atoms with Gasteiger partial charge in [0.2, 0.25) is 0 Å². The van der Waals surface area contributed by atoms with Gasteiger partial charge in [-0.05, 0) is 12.1 Å². The molecule has 0 aliphatic rings. The van der Waals surface area contributed by atoms with Crippen LogP contribution in [-0.4, -0.2) is 31.4 Å². The second-order valence-corrected chi connectivity index (χ2v) is 6.51. The Morgan fingerprint density at radius 1 is 0.731 bits per heavy atom. The van der Waals surface area contributed by atoms with E-state index in [1.165, 1.54) is 0 Å². The van der Waals surface area contributed by atoms with Crippen LogP contribution in [0.2, 0.25) is 0 Å². The number of nitrogens with zero attached hydrogens (tertiary/aromatic N) is 4. The number of hydrogen-bond acceptors (Lipinski definition) is 6. The fraction of sp³-hybridized carbons (Fsp3) is 0.286. The van der Waals surface area contributed by atoms with Crippen LogP contribution in [0, 0.1) is 0 Å². The molecule has 140 valence electrons. The number of thioether (sulfide) groups is 2. The molecular formula is C14H10F6N4S2. The fourth-order valence-electron chi connectivity index (χ4n) is 1.52. The average Bonchev–Trinajstić information content (AvgIpc) is 2.57. The number of rotatable bonds is 6. The van der Waals surface area contributed by atoms with E-state index in [2.05, 4.69) is 19.9 Å². The molecule has 0 bridgehead atoms. The average molecular weight is 412 g/mol. The van der Waals surface area contributed by atoms with Gasteiger partial charge in [-0.15, -0.1) is 0 Å². The van der Waals surface area contributed by atoms with Crippen LogP contribution in [0.3, 0.4) is 0 Å². The van der Waals surface area contributed by atoms with Crippen LogP contribution in [0.4, 0.5) is 26.3 Å². The van der Waals surface area contributed by atoms with Gasteiger partial charge in [0.25, 0.3) is 0 Å². The van der Waals surface area contributed by atoms with Crippen molar-refractivity contribution < 1.29 is 26.3 Å². The highest BCUT2D eigenvalue weighted by Crippen LogP contribution is 2.29. The lowest BCUT2D eigenvalue weighted by molar-refractivity contribution is -0.142. The maximum atomic E-state index is 12.5. The zero-order valence-electron chi connectivity index (χ0n) is 12.8. The lowest BCUT2D eigenvalue weighted by Crippen LogP contribution is -2.08. The largest absolute Gasteiger partial charge is 0.433 e. The summed E-state index contributed by atoms with van der Waals surface area (Å²) >= 11 is 2.01. The third-order valence-electron chi connectivity index (χ3n) is 2.63. The van der Waals surface area contributed by atoms with Crippen molar-refractivity contribution in [1.82, 2.24) is 19.9 Å². The highest BCUT2D eigenvalue weighted by Gasteiger charge is 2.33. The zero-order valence-corrected chi connectivity index (χ0v) is 14.4. The summed E-state index contributed by atoms with van der Waals surface area (Å²) in [5.41, 5.74) is -2.03. The molecule has 26 heavy (non-hydrogen) atoms. The SMILES string of the molecule is FC(F)(F)c1ccnc(SCC=CCSc2nccc(C(F)(F)F)n2)n1. The Bertz CT molecular complexity index is 700. The topological polar surface area (TPSA) is 51.6 Å². The van der Waals surface area contributed by atoms with Gasteiger partial charge in [0.15, 0.2) is 10.3 Å². The van der Waals surface area contributed by atoms with E-state index in [-0.39, 0.29) is 10.3 Å². The number of halogens is 6. The van der Waals surface area contributed by atoms with Gasteiger partial charge in [0, 0.05) is 23.9 Å². The third-order valence-corrected chi connectivity index (χ3v) is 4.26. The van der Waals surface area contributed by atoms with E-state index in [0.29, 0.717) is 11.5 Å². The van der Waals surface area contributed by atoms with E-state index < -0.39 is 23.7 Å². The lowest BCUT2D eigenvalue weighted by atomic mass is 10.4. The van der Waals surface area contributed by atoms with E-state index in [1.807, 2.05) is 0 Å². The quantitative estimate of drug-likeness (QED) is 0.296. The summed E-state index contributed by atoms with van der Waals surface area (Å²) in [6, 6.07) is 1.57. The molecule has 0 amide bonds. The summed E-state index contributed by atoms with van der Waals surface area (Å²) in [6.07, 6.45) is -3.71. The van der Waals surface area contributed by atoms with Gasteiger partial charge in [-0.3, -0.25) is 0 Å². The Morgan fingerprint density at radius 3 is 1.46 bits per heavy atom. The van der Waals surface area contributed by atoms with Gasteiger partial charge in [-0.2, -0.15) is 26.3 Å². The first-order valence-corrected chi connectivity index (χ1v) is 8.84. The first-order valence-electron chi connectivity index (χ1n) is 6.87. The van der Waals surface area contributed by atoms with Crippen molar-refractivity contribution in [3.63, 3.8) is 0 Å². The van der Waals surface area contributed by atoms with E-state index in [1.54, 1.807) is 12.2 Å². The van der Waals surface area contributed by atoms with Crippen molar-refractivity contribution in [1.29, 1.82) is 0 Å². The smallest absolute Gasteiger partial charge is 0.231 e. The Morgan fingerprint density at radius 2 is 1.12 bits per heavy atom. The van der Waals surface area contributed by atoms with E-state index in [4.69, 9.17) is 0 Å². The third kappa shape index (κ3) is 6.48. The molecule has 0 aliphatic carbocycles. The molecule has 0 saturated carbocycles. The van der Waals surface area contributed by atoms with Crippen molar-refractivity contribution in [2.45, 2.75) is 22.7 Å². The molecule has 0 aliphatic heterocycles. The lowest BCUT2D eigenvalue weighted by Gasteiger charge is -2.06.